The van der Waals surface area contributed by atoms with E-state index in [0.717, 1.165) is 22.7 Å². The van der Waals surface area contributed by atoms with Gasteiger partial charge in [-0.3, -0.25) is 0 Å². The first-order valence-corrected chi connectivity index (χ1v) is 11.1. The van der Waals surface area contributed by atoms with Crippen molar-refractivity contribution in [1.82, 2.24) is 0 Å². The molecule has 0 bridgehead atoms. The molecule has 0 amide bonds. The van der Waals surface area contributed by atoms with Crippen LogP contribution in [0, 0.1) is 5.92 Å². The molecule has 3 atom stereocenters. The van der Waals surface area contributed by atoms with Gasteiger partial charge in [-0.2, -0.15) is 0 Å². The highest BCUT2D eigenvalue weighted by atomic mass is 35.5. The Balaban J connectivity index is 1.43. The van der Waals surface area contributed by atoms with Crippen LogP contribution in [0.5, 0.6) is 5.75 Å². The van der Waals surface area contributed by atoms with Crippen molar-refractivity contribution >= 4 is 46.5 Å². The van der Waals surface area contributed by atoms with Crippen molar-refractivity contribution in [2.45, 2.75) is 18.4 Å². The van der Waals surface area contributed by atoms with Gasteiger partial charge in [0.25, 0.3) is 0 Å². The quantitative estimate of drug-likeness (QED) is 0.242. The van der Waals surface area contributed by atoms with Crippen LogP contribution in [-0.2, 0) is 0 Å². The summed E-state index contributed by atoms with van der Waals surface area (Å²) in [5.74, 6) is 0.600. The number of ether oxygens (including phenoxy) is 1. The molecule has 31 heavy (non-hydrogen) atoms. The summed E-state index contributed by atoms with van der Waals surface area (Å²) in [6.45, 7) is 0. The number of carbonyl (C=O) groups excluding carboxylic acids is 1. The fraction of sp³-hybridized carbons (Fsp3) is 0.160. The van der Waals surface area contributed by atoms with Crippen LogP contribution in [0.25, 0.3) is 0 Å². The van der Waals surface area contributed by atoms with Gasteiger partial charge in [-0.15, -0.1) is 0 Å². The fourth-order valence-corrected chi connectivity index (χ4v) is 5.06. The third kappa shape index (κ3) is 3.94. The zero-order valence-electron chi connectivity index (χ0n) is 16.3. The third-order valence-corrected chi connectivity index (χ3v) is 6.72. The summed E-state index contributed by atoms with van der Waals surface area (Å²) in [6.07, 6.45) is 5.45. The highest BCUT2D eigenvalue weighted by molar-refractivity contribution is 6.36. The Morgan fingerprint density at radius 1 is 0.935 bits per heavy atom. The predicted octanol–water partition coefficient (Wildman–Crippen LogP) is 7.69. The number of halogens is 3. The fourth-order valence-electron chi connectivity index (χ4n) is 4.45. The summed E-state index contributed by atoms with van der Waals surface area (Å²) in [7, 11) is 0. The molecule has 2 aliphatic rings. The van der Waals surface area contributed by atoms with Gasteiger partial charge in [0.2, 0.25) is 0 Å². The number of nitrogens with one attached hydrogen (secondary N) is 1. The van der Waals surface area contributed by atoms with Gasteiger partial charge in [-0.25, -0.2) is 4.79 Å². The Hall–Kier alpha value is -2.46. The van der Waals surface area contributed by atoms with E-state index in [1.54, 1.807) is 18.2 Å². The van der Waals surface area contributed by atoms with Gasteiger partial charge in [0, 0.05) is 21.7 Å². The molecule has 0 saturated heterocycles. The van der Waals surface area contributed by atoms with E-state index >= 15 is 0 Å². The molecule has 0 spiro atoms. The number of carbonyl (C=O) groups is 1. The van der Waals surface area contributed by atoms with E-state index in [2.05, 4.69) is 29.6 Å². The zero-order valence-corrected chi connectivity index (χ0v) is 18.6. The molecular formula is C25H18Cl3NO2. The second-order valence-electron chi connectivity index (χ2n) is 7.79. The molecule has 6 heteroatoms. The Kier molecular flexibility index (Phi) is 5.43. The summed E-state index contributed by atoms with van der Waals surface area (Å²) in [4.78, 5) is 12.6. The minimum atomic E-state index is -0.511. The van der Waals surface area contributed by atoms with E-state index in [0.29, 0.717) is 16.7 Å². The molecule has 156 valence electrons. The predicted molar refractivity (Wildman–Crippen MR) is 126 cm³/mol. The lowest BCUT2D eigenvalue weighted by atomic mass is 9.77. The largest absolute Gasteiger partial charge is 0.423 e. The molecule has 3 nitrogen and oxygen atoms in total. The molecule has 1 N–H and O–H groups in total. The van der Waals surface area contributed by atoms with Crippen LogP contribution in [0.1, 0.15) is 39.9 Å². The molecule has 1 heterocycles. The summed E-state index contributed by atoms with van der Waals surface area (Å²) in [6, 6.07) is 18.6. The van der Waals surface area contributed by atoms with Crippen LogP contribution in [0.2, 0.25) is 15.1 Å². The number of rotatable bonds is 3. The smallest absolute Gasteiger partial charge is 0.345 e. The average Bonchev–Trinajstić information content (AvgIpc) is 3.24. The van der Waals surface area contributed by atoms with E-state index in [1.807, 2.05) is 24.3 Å². The first kappa shape index (κ1) is 20.4. The molecule has 0 fully saturated rings. The molecule has 3 aromatic rings. The number of hydrogen-bond acceptors (Lipinski definition) is 3. The number of anilines is 1. The van der Waals surface area contributed by atoms with Gasteiger partial charge in [-0.05, 0) is 72.0 Å². The van der Waals surface area contributed by atoms with Crippen LogP contribution in [0.15, 0.2) is 72.8 Å². The molecule has 1 aliphatic carbocycles. The molecule has 0 aromatic heterocycles. The Morgan fingerprint density at radius 3 is 2.48 bits per heavy atom. The van der Waals surface area contributed by atoms with Gasteiger partial charge < -0.3 is 10.1 Å². The average molecular weight is 471 g/mol. The van der Waals surface area contributed by atoms with Crippen molar-refractivity contribution in [3.63, 3.8) is 0 Å². The SMILES string of the molecule is O=C(Oc1ccc2c(c1)[C@@H]1C=CC[C@H]1[C@H](c1ccc(Cl)cc1)N2)c1ccc(Cl)cc1Cl. The lowest BCUT2D eigenvalue weighted by Gasteiger charge is -2.37. The molecule has 0 unspecified atom stereocenters. The number of esters is 1. The van der Waals surface area contributed by atoms with E-state index in [-0.39, 0.29) is 22.5 Å². The van der Waals surface area contributed by atoms with Crippen LogP contribution in [-0.4, -0.2) is 5.97 Å². The highest BCUT2D eigenvalue weighted by Gasteiger charge is 2.38. The number of hydrogen-bond donors (Lipinski definition) is 1. The van der Waals surface area contributed by atoms with Crippen molar-refractivity contribution in [1.29, 1.82) is 0 Å². The van der Waals surface area contributed by atoms with Gasteiger partial charge >= 0.3 is 5.97 Å². The first-order chi connectivity index (χ1) is 15.0. The normalized spacial score (nSPS) is 21.2. The summed E-state index contributed by atoms with van der Waals surface area (Å²) >= 11 is 18.1. The zero-order chi connectivity index (χ0) is 21.5. The Labute approximate surface area is 195 Å². The maximum absolute atomic E-state index is 12.6. The van der Waals surface area contributed by atoms with Gasteiger partial charge in [-0.1, -0.05) is 59.1 Å². The molecule has 3 aromatic carbocycles. The molecule has 5 rings (SSSR count). The van der Waals surface area contributed by atoms with Crippen LogP contribution < -0.4 is 10.1 Å². The monoisotopic (exact) mass is 469 g/mol. The Morgan fingerprint density at radius 2 is 1.71 bits per heavy atom. The minimum Gasteiger partial charge on any atom is -0.423 e. The summed E-state index contributed by atoms with van der Waals surface area (Å²) < 4.78 is 5.63. The first-order valence-electron chi connectivity index (χ1n) is 9.99. The van der Waals surface area contributed by atoms with Crippen LogP contribution in [0.4, 0.5) is 5.69 Å². The number of benzene rings is 3. The number of allylic oxidation sites excluding steroid dienone is 2. The van der Waals surface area contributed by atoms with Crippen molar-refractivity contribution < 1.29 is 9.53 Å². The van der Waals surface area contributed by atoms with Gasteiger partial charge in [0.05, 0.1) is 16.6 Å². The van der Waals surface area contributed by atoms with Crippen molar-refractivity contribution in [2.24, 2.45) is 5.92 Å². The Bertz CT molecular complexity index is 1190. The second-order valence-corrected chi connectivity index (χ2v) is 9.07. The molecule has 1 aliphatic heterocycles. The van der Waals surface area contributed by atoms with E-state index < -0.39 is 5.97 Å². The van der Waals surface area contributed by atoms with Gasteiger partial charge in [0.1, 0.15) is 5.75 Å². The van der Waals surface area contributed by atoms with Crippen LogP contribution in [0.3, 0.4) is 0 Å². The minimum absolute atomic E-state index is 0.186. The molecule has 0 radical (unpaired) electrons. The van der Waals surface area contributed by atoms with Gasteiger partial charge in [0.15, 0.2) is 0 Å². The summed E-state index contributed by atoms with van der Waals surface area (Å²) in [5.41, 5.74) is 3.65. The second kappa shape index (κ2) is 8.23. The maximum atomic E-state index is 12.6. The van der Waals surface area contributed by atoms with Crippen molar-refractivity contribution in [2.75, 3.05) is 5.32 Å². The van der Waals surface area contributed by atoms with Crippen molar-refractivity contribution in [3.8, 4) is 5.75 Å². The lowest BCUT2D eigenvalue weighted by Crippen LogP contribution is -2.29. The van der Waals surface area contributed by atoms with Crippen molar-refractivity contribution in [3.05, 3.63) is 105 Å². The van der Waals surface area contributed by atoms with E-state index in [9.17, 15) is 4.79 Å². The molecule has 0 saturated carbocycles. The van der Waals surface area contributed by atoms with E-state index in [1.165, 1.54) is 11.6 Å². The van der Waals surface area contributed by atoms with Crippen LogP contribution >= 0.6 is 34.8 Å². The summed E-state index contributed by atoms with van der Waals surface area (Å²) in [5, 5.41) is 5.14. The number of fused-ring (bicyclic) bond motifs is 3. The molecular weight excluding hydrogens is 453 g/mol. The maximum Gasteiger partial charge on any atom is 0.345 e. The standard InChI is InChI=1S/C25H18Cl3NO2/c26-15-6-4-14(5-7-15)24-19-3-1-2-18(19)21-13-17(9-11-23(21)29-24)31-25(30)20-10-8-16(27)12-22(20)28/h1-2,4-13,18-19,24,29H,3H2/t18-,19-,24+/m1/s1. The van der Waals surface area contributed by atoms with E-state index in [4.69, 9.17) is 39.5 Å². The highest BCUT2D eigenvalue weighted by Crippen LogP contribution is 2.50. The third-order valence-electron chi connectivity index (χ3n) is 5.92. The topological polar surface area (TPSA) is 38.3 Å². The lowest BCUT2D eigenvalue weighted by molar-refractivity contribution is 0.0735.